The monoisotopic (exact) mass is 158 g/mol. The third-order valence-electron chi connectivity index (χ3n) is 1.88. The molecule has 3 heteroatoms. The first-order valence-electron chi connectivity index (χ1n) is 4.49. The smallest absolute Gasteiger partial charge is 0.0608 e. The lowest BCUT2D eigenvalue weighted by Gasteiger charge is -2.27. The number of morpholine rings is 1. The Balaban J connectivity index is 1.96. The number of hydrogen-bond donors (Lipinski definition) is 1. The van der Waals surface area contributed by atoms with Gasteiger partial charge in [-0.3, -0.25) is 5.43 Å². The fraction of sp³-hybridized carbons (Fsp3) is 1.00. The average molecular weight is 158 g/mol. The molecule has 1 aliphatic heterocycles. The van der Waals surface area contributed by atoms with E-state index in [1.807, 2.05) is 0 Å². The molecule has 0 bridgehead atoms. The SMILES string of the molecule is CCCCNN1CCOCC1. The molecule has 1 saturated heterocycles. The van der Waals surface area contributed by atoms with Gasteiger partial charge in [0.2, 0.25) is 0 Å². The van der Waals surface area contributed by atoms with E-state index in [1.165, 1.54) is 12.8 Å². The zero-order chi connectivity index (χ0) is 7.94. The van der Waals surface area contributed by atoms with Crippen LogP contribution in [0.5, 0.6) is 0 Å². The second-order valence-electron chi connectivity index (χ2n) is 2.86. The van der Waals surface area contributed by atoms with Crippen molar-refractivity contribution in [1.29, 1.82) is 0 Å². The van der Waals surface area contributed by atoms with Gasteiger partial charge in [0.1, 0.15) is 0 Å². The van der Waals surface area contributed by atoms with Crippen LogP contribution in [0.3, 0.4) is 0 Å². The normalized spacial score (nSPS) is 20.5. The quantitative estimate of drug-likeness (QED) is 0.607. The van der Waals surface area contributed by atoms with Crippen LogP contribution in [-0.4, -0.2) is 37.9 Å². The van der Waals surface area contributed by atoms with Crippen molar-refractivity contribution in [3.8, 4) is 0 Å². The van der Waals surface area contributed by atoms with Crippen molar-refractivity contribution in [1.82, 2.24) is 10.4 Å². The lowest BCUT2D eigenvalue weighted by Crippen LogP contribution is -2.45. The molecule has 0 unspecified atom stereocenters. The van der Waals surface area contributed by atoms with Crippen LogP contribution in [0.25, 0.3) is 0 Å². The topological polar surface area (TPSA) is 24.5 Å². The number of hydrogen-bond acceptors (Lipinski definition) is 3. The van der Waals surface area contributed by atoms with E-state index in [0.717, 1.165) is 32.8 Å². The molecule has 0 aliphatic carbocycles. The molecule has 1 heterocycles. The Labute approximate surface area is 68.7 Å². The molecule has 0 atom stereocenters. The van der Waals surface area contributed by atoms with Gasteiger partial charge >= 0.3 is 0 Å². The largest absolute Gasteiger partial charge is 0.379 e. The predicted octanol–water partition coefficient (Wildman–Crippen LogP) is 0.623. The van der Waals surface area contributed by atoms with Gasteiger partial charge in [-0.25, -0.2) is 5.01 Å². The summed E-state index contributed by atoms with van der Waals surface area (Å²) in [6.07, 6.45) is 2.52. The summed E-state index contributed by atoms with van der Waals surface area (Å²) in [5.41, 5.74) is 3.38. The summed E-state index contributed by atoms with van der Waals surface area (Å²) in [5.74, 6) is 0. The van der Waals surface area contributed by atoms with Crippen LogP contribution in [0.1, 0.15) is 19.8 Å². The Morgan fingerprint density at radius 1 is 1.36 bits per heavy atom. The Morgan fingerprint density at radius 3 is 2.73 bits per heavy atom. The van der Waals surface area contributed by atoms with Gasteiger partial charge in [-0.05, 0) is 6.42 Å². The van der Waals surface area contributed by atoms with Crippen molar-refractivity contribution in [3.63, 3.8) is 0 Å². The molecular formula is C8H18N2O. The van der Waals surface area contributed by atoms with Gasteiger partial charge < -0.3 is 4.74 Å². The van der Waals surface area contributed by atoms with Crippen LogP contribution in [0, 0.1) is 0 Å². The standard InChI is InChI=1S/C8H18N2O/c1-2-3-4-9-10-5-7-11-8-6-10/h9H,2-8H2,1H3. The van der Waals surface area contributed by atoms with Crippen molar-refractivity contribution < 1.29 is 4.74 Å². The first-order chi connectivity index (χ1) is 5.43. The third kappa shape index (κ3) is 3.70. The van der Waals surface area contributed by atoms with E-state index in [9.17, 15) is 0 Å². The van der Waals surface area contributed by atoms with Crippen LogP contribution in [0.2, 0.25) is 0 Å². The minimum absolute atomic E-state index is 0.874. The maximum absolute atomic E-state index is 5.22. The van der Waals surface area contributed by atoms with Gasteiger partial charge in [0.05, 0.1) is 13.2 Å². The highest BCUT2D eigenvalue weighted by Gasteiger charge is 2.07. The molecule has 3 nitrogen and oxygen atoms in total. The highest BCUT2D eigenvalue weighted by atomic mass is 16.5. The highest BCUT2D eigenvalue weighted by Crippen LogP contribution is 1.92. The van der Waals surface area contributed by atoms with Gasteiger partial charge in [-0.15, -0.1) is 0 Å². The molecule has 1 rings (SSSR count). The number of ether oxygens (including phenoxy) is 1. The number of unbranched alkanes of at least 4 members (excludes halogenated alkanes) is 1. The Hall–Kier alpha value is -0.120. The van der Waals surface area contributed by atoms with Gasteiger partial charge in [0.15, 0.2) is 0 Å². The Bertz CT molecular complexity index is 92.1. The van der Waals surface area contributed by atoms with Gasteiger partial charge in [-0.2, -0.15) is 0 Å². The summed E-state index contributed by atoms with van der Waals surface area (Å²) < 4.78 is 5.22. The van der Waals surface area contributed by atoms with E-state index in [4.69, 9.17) is 4.74 Å². The van der Waals surface area contributed by atoms with Gasteiger partial charge in [-0.1, -0.05) is 13.3 Å². The number of nitrogens with one attached hydrogen (secondary N) is 1. The summed E-state index contributed by atoms with van der Waals surface area (Å²) in [6, 6.07) is 0. The first-order valence-corrected chi connectivity index (χ1v) is 4.49. The van der Waals surface area contributed by atoms with Crippen LogP contribution < -0.4 is 5.43 Å². The minimum atomic E-state index is 0.874. The van der Waals surface area contributed by atoms with Crippen molar-refractivity contribution in [2.45, 2.75) is 19.8 Å². The predicted molar refractivity (Wildman–Crippen MR) is 45.3 cm³/mol. The van der Waals surface area contributed by atoms with Crippen molar-refractivity contribution in [2.24, 2.45) is 0 Å². The molecule has 0 aromatic carbocycles. The average Bonchev–Trinajstić information content (AvgIpc) is 2.07. The van der Waals surface area contributed by atoms with Crippen molar-refractivity contribution in [3.05, 3.63) is 0 Å². The molecule has 11 heavy (non-hydrogen) atoms. The summed E-state index contributed by atoms with van der Waals surface area (Å²) >= 11 is 0. The van der Waals surface area contributed by atoms with Crippen LogP contribution in [-0.2, 0) is 4.74 Å². The molecule has 1 fully saturated rings. The lowest BCUT2D eigenvalue weighted by atomic mass is 10.3. The van der Waals surface area contributed by atoms with Gasteiger partial charge in [0.25, 0.3) is 0 Å². The number of nitrogens with zero attached hydrogens (tertiary/aromatic N) is 1. The summed E-state index contributed by atoms with van der Waals surface area (Å²) in [6.45, 7) is 7.13. The molecule has 0 aromatic heterocycles. The lowest BCUT2D eigenvalue weighted by molar-refractivity contribution is 0.0119. The fourth-order valence-corrected chi connectivity index (χ4v) is 1.14. The Kier molecular flexibility index (Phi) is 4.50. The first kappa shape index (κ1) is 8.97. The van der Waals surface area contributed by atoms with E-state index in [2.05, 4.69) is 17.4 Å². The maximum Gasteiger partial charge on any atom is 0.0608 e. The second kappa shape index (κ2) is 5.52. The Morgan fingerprint density at radius 2 is 2.09 bits per heavy atom. The molecule has 66 valence electrons. The molecule has 1 N–H and O–H groups in total. The summed E-state index contributed by atoms with van der Waals surface area (Å²) in [7, 11) is 0. The zero-order valence-corrected chi connectivity index (χ0v) is 7.31. The van der Waals surface area contributed by atoms with Crippen LogP contribution in [0.15, 0.2) is 0 Å². The van der Waals surface area contributed by atoms with E-state index in [0.29, 0.717) is 0 Å². The number of rotatable bonds is 4. The third-order valence-corrected chi connectivity index (χ3v) is 1.88. The molecule has 1 aliphatic rings. The number of hydrazine groups is 1. The van der Waals surface area contributed by atoms with Crippen LogP contribution >= 0.6 is 0 Å². The summed E-state index contributed by atoms with van der Waals surface area (Å²) in [5, 5.41) is 2.25. The van der Waals surface area contributed by atoms with E-state index in [1.54, 1.807) is 0 Å². The van der Waals surface area contributed by atoms with Crippen molar-refractivity contribution >= 4 is 0 Å². The fourth-order valence-electron chi connectivity index (χ4n) is 1.14. The second-order valence-corrected chi connectivity index (χ2v) is 2.86. The van der Waals surface area contributed by atoms with Crippen LogP contribution in [0.4, 0.5) is 0 Å². The molecule has 0 radical (unpaired) electrons. The molecule has 0 spiro atoms. The molecular weight excluding hydrogens is 140 g/mol. The zero-order valence-electron chi connectivity index (χ0n) is 7.31. The molecule has 0 aromatic rings. The molecule has 0 saturated carbocycles. The van der Waals surface area contributed by atoms with E-state index in [-0.39, 0.29) is 0 Å². The summed E-state index contributed by atoms with van der Waals surface area (Å²) in [4.78, 5) is 0. The highest BCUT2D eigenvalue weighted by molar-refractivity contribution is 4.56. The molecule has 0 amide bonds. The maximum atomic E-state index is 5.22. The van der Waals surface area contributed by atoms with Gasteiger partial charge in [0, 0.05) is 19.6 Å². The van der Waals surface area contributed by atoms with E-state index < -0.39 is 0 Å². The minimum Gasteiger partial charge on any atom is -0.379 e. The van der Waals surface area contributed by atoms with E-state index >= 15 is 0 Å². The van der Waals surface area contributed by atoms with Crippen molar-refractivity contribution in [2.75, 3.05) is 32.8 Å².